The molecule has 7 nitrogen and oxygen atoms in total. The molecule has 2 unspecified atom stereocenters. The molecule has 2 atom stereocenters. The molecule has 1 amide bonds. The van der Waals surface area contributed by atoms with Gasteiger partial charge >= 0.3 is 6.18 Å². The molecule has 0 bridgehead atoms. The van der Waals surface area contributed by atoms with E-state index in [1.807, 2.05) is 13.8 Å². The van der Waals surface area contributed by atoms with Gasteiger partial charge in [-0.25, -0.2) is 13.2 Å². The number of aliphatic hydroxyl groups is 1. The number of nitrogens with one attached hydrogen (secondary N) is 1. The fraction of sp³-hybridized carbons (Fsp3) is 0.400. The molecule has 4 rings (SSSR count). The van der Waals surface area contributed by atoms with Gasteiger partial charge in [-0.1, -0.05) is 44.2 Å². The Balaban J connectivity index is 0.00000195. The monoisotopic (exact) mass is 543 g/mol. The summed E-state index contributed by atoms with van der Waals surface area (Å²) >= 11 is 0. The zero-order valence-corrected chi connectivity index (χ0v) is 20.6. The van der Waals surface area contributed by atoms with Crippen molar-refractivity contribution in [1.29, 1.82) is 0 Å². The first-order chi connectivity index (χ1) is 18.0. The third-order valence-corrected chi connectivity index (χ3v) is 5.84. The number of aromatic nitrogens is 3. The maximum atomic E-state index is 14.3. The van der Waals surface area contributed by atoms with E-state index in [1.165, 1.54) is 4.90 Å². The van der Waals surface area contributed by atoms with Crippen LogP contribution in [0.5, 0.6) is 0 Å². The predicted octanol–water partition coefficient (Wildman–Crippen LogP) is 4.36. The number of amides is 1. The van der Waals surface area contributed by atoms with Crippen molar-refractivity contribution in [2.45, 2.75) is 58.2 Å². The quantitative estimate of drug-likeness (QED) is 0.263. The highest BCUT2D eigenvalue weighted by Gasteiger charge is 2.40. The Hall–Kier alpha value is -3.45. The summed E-state index contributed by atoms with van der Waals surface area (Å²) in [6.45, 7) is 3.54. The van der Waals surface area contributed by atoms with Gasteiger partial charge in [-0.05, 0) is 23.6 Å². The van der Waals surface area contributed by atoms with E-state index < -0.39 is 47.6 Å². The van der Waals surface area contributed by atoms with Gasteiger partial charge in [0.05, 0.1) is 6.54 Å². The van der Waals surface area contributed by atoms with Crippen LogP contribution in [-0.4, -0.2) is 43.3 Å². The lowest BCUT2D eigenvalue weighted by atomic mass is 10.0. The zero-order valence-electron chi connectivity index (χ0n) is 20.6. The van der Waals surface area contributed by atoms with Crippen molar-refractivity contribution in [2.75, 3.05) is 6.54 Å². The number of fused-ring (bicyclic) bond motifs is 1. The molecule has 2 heterocycles. The van der Waals surface area contributed by atoms with Gasteiger partial charge in [0.15, 0.2) is 17.5 Å². The first-order valence-electron chi connectivity index (χ1n) is 11.9. The molecule has 0 radical (unpaired) electrons. The Labute approximate surface area is 215 Å². The number of benzene rings is 2. The van der Waals surface area contributed by atoms with Crippen molar-refractivity contribution in [2.24, 2.45) is 0 Å². The van der Waals surface area contributed by atoms with Gasteiger partial charge in [0.2, 0.25) is 11.7 Å². The highest BCUT2D eigenvalue weighted by atomic mass is 19.4. The second-order valence-electron chi connectivity index (χ2n) is 8.35. The standard InChI is InChI=1S/C23H21F6N5O2.C2H6/c24-16-11-18(26)17(25)9-14(16)8-15(30-21(36)13-4-2-1-3-5-13)10-20(35)33-6-7-34-19(12-33)31-32-22(34)23(27,28)29;1-2/h1-5,9,11,15,21,30,36H,6-8,10,12H2;1-2H3. The second-order valence-corrected chi connectivity index (χ2v) is 8.35. The minimum Gasteiger partial charge on any atom is -0.374 e. The summed E-state index contributed by atoms with van der Waals surface area (Å²) in [5, 5.41) is 20.1. The molecule has 1 aromatic heterocycles. The maximum absolute atomic E-state index is 14.3. The number of nitrogens with zero attached hydrogens (tertiary/aromatic N) is 4. The van der Waals surface area contributed by atoms with Gasteiger partial charge in [-0.2, -0.15) is 13.2 Å². The lowest BCUT2D eigenvalue weighted by Gasteiger charge is -2.30. The van der Waals surface area contributed by atoms with Crippen molar-refractivity contribution in [1.82, 2.24) is 25.0 Å². The average Bonchev–Trinajstić information content (AvgIpc) is 3.33. The highest BCUT2D eigenvalue weighted by molar-refractivity contribution is 5.77. The minimum atomic E-state index is -4.69. The molecular formula is C25H27F6N5O2. The van der Waals surface area contributed by atoms with E-state index in [4.69, 9.17) is 0 Å². The van der Waals surface area contributed by atoms with Crippen molar-refractivity contribution in [3.63, 3.8) is 0 Å². The average molecular weight is 544 g/mol. The van der Waals surface area contributed by atoms with Crippen molar-refractivity contribution >= 4 is 5.91 Å². The molecule has 0 aliphatic carbocycles. The number of rotatable bonds is 7. The van der Waals surface area contributed by atoms with Crippen LogP contribution in [0.15, 0.2) is 42.5 Å². The van der Waals surface area contributed by atoms with Gasteiger partial charge in [-0.3, -0.25) is 10.1 Å². The first kappa shape index (κ1) is 29.1. The maximum Gasteiger partial charge on any atom is 0.451 e. The van der Waals surface area contributed by atoms with Crippen LogP contribution >= 0.6 is 0 Å². The predicted molar refractivity (Wildman–Crippen MR) is 125 cm³/mol. The van der Waals surface area contributed by atoms with Crippen LogP contribution in [0.2, 0.25) is 0 Å². The molecular weight excluding hydrogens is 516 g/mol. The lowest BCUT2D eigenvalue weighted by molar-refractivity contribution is -0.148. The molecule has 0 saturated heterocycles. The van der Waals surface area contributed by atoms with Crippen molar-refractivity contribution in [3.05, 3.63) is 82.7 Å². The Morgan fingerprint density at radius 3 is 2.34 bits per heavy atom. The first-order valence-corrected chi connectivity index (χ1v) is 11.9. The van der Waals surface area contributed by atoms with Crippen molar-refractivity contribution < 1.29 is 36.2 Å². The van der Waals surface area contributed by atoms with E-state index in [0.29, 0.717) is 17.7 Å². The summed E-state index contributed by atoms with van der Waals surface area (Å²) in [5.41, 5.74) is 0.235. The smallest absolute Gasteiger partial charge is 0.374 e. The summed E-state index contributed by atoms with van der Waals surface area (Å²) in [6.07, 6.45) is -6.55. The summed E-state index contributed by atoms with van der Waals surface area (Å²) in [5.74, 6) is -5.36. The Morgan fingerprint density at radius 1 is 1.03 bits per heavy atom. The van der Waals surface area contributed by atoms with E-state index >= 15 is 0 Å². The van der Waals surface area contributed by atoms with E-state index in [9.17, 15) is 36.2 Å². The van der Waals surface area contributed by atoms with Crippen LogP contribution in [0.1, 0.15) is 49.3 Å². The molecule has 2 aromatic carbocycles. The number of aliphatic hydroxyl groups excluding tert-OH is 1. The third kappa shape index (κ3) is 6.90. The van der Waals surface area contributed by atoms with Crippen LogP contribution in [-0.2, 0) is 30.5 Å². The Kier molecular flexibility index (Phi) is 9.50. The number of alkyl halides is 3. The minimum absolute atomic E-state index is 0.0394. The van der Waals surface area contributed by atoms with Crippen LogP contribution in [0.3, 0.4) is 0 Å². The van der Waals surface area contributed by atoms with Crippen molar-refractivity contribution in [3.8, 4) is 0 Å². The van der Waals surface area contributed by atoms with E-state index in [-0.39, 0.29) is 43.9 Å². The Bertz CT molecular complexity index is 1230. The Morgan fingerprint density at radius 2 is 1.68 bits per heavy atom. The van der Waals surface area contributed by atoms with Crippen LogP contribution in [0, 0.1) is 17.5 Å². The molecule has 38 heavy (non-hydrogen) atoms. The largest absolute Gasteiger partial charge is 0.451 e. The molecule has 0 spiro atoms. The van der Waals surface area contributed by atoms with E-state index in [2.05, 4.69) is 15.5 Å². The van der Waals surface area contributed by atoms with Gasteiger partial charge in [-0.15, -0.1) is 10.2 Å². The zero-order chi connectivity index (χ0) is 28.0. The van der Waals surface area contributed by atoms with Crippen LogP contribution < -0.4 is 5.32 Å². The SMILES string of the molecule is CC.O=C(CC(Cc1cc(F)c(F)cc1F)NC(O)c1ccccc1)N1CCn2c(nnc2C(F)(F)F)C1. The fourth-order valence-electron chi connectivity index (χ4n) is 4.05. The molecule has 13 heteroatoms. The number of hydrogen-bond donors (Lipinski definition) is 2. The van der Waals surface area contributed by atoms with Crippen LogP contribution in [0.25, 0.3) is 0 Å². The summed E-state index contributed by atoms with van der Waals surface area (Å²) < 4.78 is 81.5. The number of halogens is 6. The van der Waals surface area contributed by atoms with Gasteiger partial charge in [0.1, 0.15) is 12.0 Å². The fourth-order valence-corrected chi connectivity index (χ4v) is 4.05. The molecule has 3 aromatic rings. The molecule has 2 N–H and O–H groups in total. The molecule has 1 aliphatic heterocycles. The van der Waals surface area contributed by atoms with Gasteiger partial charge in [0, 0.05) is 31.6 Å². The summed E-state index contributed by atoms with van der Waals surface area (Å²) in [4.78, 5) is 14.3. The normalized spacial score (nSPS) is 14.8. The van der Waals surface area contributed by atoms with Crippen LogP contribution in [0.4, 0.5) is 26.3 Å². The van der Waals surface area contributed by atoms with Gasteiger partial charge < -0.3 is 14.6 Å². The number of hydrogen-bond acceptors (Lipinski definition) is 5. The summed E-state index contributed by atoms with van der Waals surface area (Å²) in [6, 6.07) is 8.45. The third-order valence-electron chi connectivity index (χ3n) is 5.84. The molecule has 1 aliphatic rings. The topological polar surface area (TPSA) is 83.3 Å². The second kappa shape index (κ2) is 12.4. The lowest BCUT2D eigenvalue weighted by Crippen LogP contribution is -2.44. The number of carbonyl (C=O) groups excluding carboxylic acids is 1. The molecule has 0 fully saturated rings. The number of carbonyl (C=O) groups is 1. The summed E-state index contributed by atoms with van der Waals surface area (Å²) in [7, 11) is 0. The molecule has 206 valence electrons. The highest BCUT2D eigenvalue weighted by Crippen LogP contribution is 2.29. The van der Waals surface area contributed by atoms with Gasteiger partial charge in [0.25, 0.3) is 0 Å². The molecule has 0 saturated carbocycles. The van der Waals surface area contributed by atoms with E-state index in [1.54, 1.807) is 30.3 Å². The van der Waals surface area contributed by atoms with E-state index in [0.717, 1.165) is 4.57 Å².